The molecular weight excluding hydrogens is 226 g/mol. The van der Waals surface area contributed by atoms with Gasteiger partial charge in [0.05, 0.1) is 0 Å². The summed E-state index contributed by atoms with van der Waals surface area (Å²) in [4.78, 5) is 14.6. The molecule has 0 spiro atoms. The normalized spacial score (nSPS) is 25.1. The first-order chi connectivity index (χ1) is 8.46. The van der Waals surface area contributed by atoms with Crippen molar-refractivity contribution in [3.63, 3.8) is 0 Å². The molecule has 18 heavy (non-hydrogen) atoms. The van der Waals surface area contributed by atoms with E-state index >= 15 is 0 Å². The summed E-state index contributed by atoms with van der Waals surface area (Å²) in [6.45, 7) is 6.75. The second-order valence-corrected chi connectivity index (χ2v) is 6.06. The Balaban J connectivity index is 1.99. The Bertz CT molecular complexity index is 446. The first-order valence-corrected chi connectivity index (χ1v) is 6.45. The topological polar surface area (TPSA) is 57.2 Å². The standard InChI is InChI=1S/C14H21N3O/c1-10-7-11(9-14(2,3)8-10)16-17-13(18)12-5-4-6-15-12/h4-6,10,15H,7-9H2,1-3H3,(H,17,18)/b16-11+/t10-/m1/s1. The fourth-order valence-electron chi connectivity index (χ4n) is 2.86. The molecule has 2 N–H and O–H groups in total. The van der Waals surface area contributed by atoms with E-state index < -0.39 is 0 Å². The van der Waals surface area contributed by atoms with Crippen LogP contribution in [0, 0.1) is 11.3 Å². The molecule has 1 aliphatic rings. The number of amides is 1. The van der Waals surface area contributed by atoms with E-state index in [1.54, 1.807) is 18.3 Å². The van der Waals surface area contributed by atoms with Crippen LogP contribution in [0.1, 0.15) is 50.5 Å². The van der Waals surface area contributed by atoms with Crippen molar-refractivity contribution < 1.29 is 4.79 Å². The fraction of sp³-hybridized carbons (Fsp3) is 0.571. The molecule has 0 saturated heterocycles. The fourth-order valence-corrected chi connectivity index (χ4v) is 2.86. The highest BCUT2D eigenvalue weighted by molar-refractivity contribution is 5.94. The molecule has 2 rings (SSSR count). The molecule has 1 saturated carbocycles. The lowest BCUT2D eigenvalue weighted by atomic mass is 9.72. The maximum Gasteiger partial charge on any atom is 0.287 e. The van der Waals surface area contributed by atoms with Gasteiger partial charge in [0.25, 0.3) is 5.91 Å². The molecule has 0 radical (unpaired) electrons. The average Bonchev–Trinajstić information content (AvgIpc) is 2.76. The van der Waals surface area contributed by atoms with Crippen LogP contribution in [0.2, 0.25) is 0 Å². The van der Waals surface area contributed by atoms with Crippen LogP contribution in [0.4, 0.5) is 0 Å². The Hall–Kier alpha value is -1.58. The lowest BCUT2D eigenvalue weighted by molar-refractivity contribution is 0.0949. The van der Waals surface area contributed by atoms with E-state index in [4.69, 9.17) is 0 Å². The third-order valence-corrected chi connectivity index (χ3v) is 3.33. The van der Waals surface area contributed by atoms with Gasteiger partial charge in [-0.2, -0.15) is 5.10 Å². The monoisotopic (exact) mass is 247 g/mol. The summed E-state index contributed by atoms with van der Waals surface area (Å²) in [5, 5.41) is 4.28. The number of rotatable bonds is 2. The summed E-state index contributed by atoms with van der Waals surface area (Å²) >= 11 is 0. The lowest BCUT2D eigenvalue weighted by Crippen LogP contribution is -2.30. The summed E-state index contributed by atoms with van der Waals surface area (Å²) in [5.74, 6) is 0.457. The maximum atomic E-state index is 11.7. The number of hydrogen-bond donors (Lipinski definition) is 2. The van der Waals surface area contributed by atoms with Crippen molar-refractivity contribution >= 4 is 11.6 Å². The van der Waals surface area contributed by atoms with E-state index in [0.717, 1.165) is 18.6 Å². The average molecular weight is 247 g/mol. The van der Waals surface area contributed by atoms with Gasteiger partial charge < -0.3 is 4.98 Å². The van der Waals surface area contributed by atoms with Crippen LogP contribution in [0.15, 0.2) is 23.4 Å². The highest BCUT2D eigenvalue weighted by Gasteiger charge is 2.29. The van der Waals surface area contributed by atoms with Crippen LogP contribution >= 0.6 is 0 Å². The van der Waals surface area contributed by atoms with Crippen LogP contribution in [-0.2, 0) is 0 Å². The summed E-state index contributed by atoms with van der Waals surface area (Å²) < 4.78 is 0. The number of nitrogens with zero attached hydrogens (tertiary/aromatic N) is 1. The number of hydrazone groups is 1. The second-order valence-electron chi connectivity index (χ2n) is 6.06. The molecule has 98 valence electrons. The molecular formula is C14H21N3O. The van der Waals surface area contributed by atoms with Crippen molar-refractivity contribution in [2.45, 2.75) is 40.0 Å². The van der Waals surface area contributed by atoms with Gasteiger partial charge in [-0.05, 0) is 42.7 Å². The molecule has 0 aromatic carbocycles. The number of nitrogens with one attached hydrogen (secondary N) is 2. The van der Waals surface area contributed by atoms with E-state index in [1.807, 2.05) is 0 Å². The Morgan fingerprint density at radius 2 is 2.33 bits per heavy atom. The van der Waals surface area contributed by atoms with Crippen LogP contribution in [0.25, 0.3) is 0 Å². The van der Waals surface area contributed by atoms with Gasteiger partial charge >= 0.3 is 0 Å². The number of H-pyrrole nitrogens is 1. The molecule has 0 aliphatic heterocycles. The van der Waals surface area contributed by atoms with Crippen molar-refractivity contribution in [3.05, 3.63) is 24.0 Å². The van der Waals surface area contributed by atoms with Gasteiger partial charge in [-0.15, -0.1) is 0 Å². The number of carbonyl (C=O) groups is 1. The summed E-state index contributed by atoms with van der Waals surface area (Å²) in [5.41, 5.74) is 4.56. The van der Waals surface area contributed by atoms with E-state index in [0.29, 0.717) is 11.6 Å². The third kappa shape index (κ3) is 3.22. The van der Waals surface area contributed by atoms with E-state index in [9.17, 15) is 4.79 Å². The van der Waals surface area contributed by atoms with Gasteiger partial charge in [0.15, 0.2) is 0 Å². The predicted molar refractivity (Wildman–Crippen MR) is 72.5 cm³/mol. The number of aromatic nitrogens is 1. The van der Waals surface area contributed by atoms with Gasteiger partial charge in [-0.3, -0.25) is 4.79 Å². The minimum atomic E-state index is -0.177. The van der Waals surface area contributed by atoms with E-state index in [2.05, 4.69) is 36.3 Å². The lowest BCUT2D eigenvalue weighted by Gasteiger charge is -2.34. The first kappa shape index (κ1) is 12.9. The number of carbonyl (C=O) groups excluding carboxylic acids is 1. The SMILES string of the molecule is C[C@@H]1C/C(=N\NC(=O)c2ccc[nH]2)CC(C)(C)C1. The van der Waals surface area contributed by atoms with Crippen molar-refractivity contribution in [2.24, 2.45) is 16.4 Å². The minimum absolute atomic E-state index is 0.177. The molecule has 1 aromatic heterocycles. The van der Waals surface area contributed by atoms with Crippen LogP contribution in [-0.4, -0.2) is 16.6 Å². The van der Waals surface area contributed by atoms with Gasteiger partial charge in [-0.25, -0.2) is 5.43 Å². The number of hydrogen-bond acceptors (Lipinski definition) is 2. The Morgan fingerprint density at radius 3 is 2.94 bits per heavy atom. The molecule has 1 amide bonds. The number of aromatic amines is 1. The van der Waals surface area contributed by atoms with Crippen molar-refractivity contribution in [1.82, 2.24) is 10.4 Å². The minimum Gasteiger partial charge on any atom is -0.357 e. The van der Waals surface area contributed by atoms with Crippen LogP contribution in [0.3, 0.4) is 0 Å². The molecule has 1 fully saturated rings. The largest absolute Gasteiger partial charge is 0.357 e. The van der Waals surface area contributed by atoms with Crippen molar-refractivity contribution in [3.8, 4) is 0 Å². The highest BCUT2D eigenvalue weighted by atomic mass is 16.2. The van der Waals surface area contributed by atoms with E-state index in [-0.39, 0.29) is 11.3 Å². The van der Waals surface area contributed by atoms with Crippen molar-refractivity contribution in [1.29, 1.82) is 0 Å². The Morgan fingerprint density at radius 1 is 1.56 bits per heavy atom. The molecule has 4 nitrogen and oxygen atoms in total. The third-order valence-electron chi connectivity index (χ3n) is 3.33. The van der Waals surface area contributed by atoms with Gasteiger partial charge in [0, 0.05) is 11.9 Å². The highest BCUT2D eigenvalue weighted by Crippen LogP contribution is 2.36. The summed E-state index contributed by atoms with van der Waals surface area (Å²) in [6.07, 6.45) is 4.89. The molecule has 1 aromatic rings. The zero-order chi connectivity index (χ0) is 13.2. The van der Waals surface area contributed by atoms with Crippen molar-refractivity contribution in [2.75, 3.05) is 0 Å². The zero-order valence-electron chi connectivity index (χ0n) is 11.3. The summed E-state index contributed by atoms with van der Waals surface area (Å²) in [7, 11) is 0. The van der Waals surface area contributed by atoms with Crippen LogP contribution < -0.4 is 5.43 Å². The molecule has 1 atom stereocenters. The zero-order valence-corrected chi connectivity index (χ0v) is 11.3. The first-order valence-electron chi connectivity index (χ1n) is 6.45. The molecule has 1 aliphatic carbocycles. The molecule has 0 bridgehead atoms. The molecule has 0 unspecified atom stereocenters. The van der Waals surface area contributed by atoms with Gasteiger partial charge in [0.1, 0.15) is 5.69 Å². The maximum absolute atomic E-state index is 11.7. The quantitative estimate of drug-likeness (QED) is 0.776. The van der Waals surface area contributed by atoms with Gasteiger partial charge in [0.2, 0.25) is 0 Å². The Kier molecular flexibility index (Phi) is 3.55. The summed E-state index contributed by atoms with van der Waals surface area (Å²) in [6, 6.07) is 3.54. The van der Waals surface area contributed by atoms with E-state index in [1.165, 1.54) is 6.42 Å². The predicted octanol–water partition coefficient (Wildman–Crippen LogP) is 2.95. The molecule has 4 heteroatoms. The molecule has 1 heterocycles. The Labute approximate surface area is 108 Å². The smallest absolute Gasteiger partial charge is 0.287 e. The van der Waals surface area contributed by atoms with Crippen LogP contribution in [0.5, 0.6) is 0 Å². The second kappa shape index (κ2) is 4.96. The van der Waals surface area contributed by atoms with Gasteiger partial charge in [-0.1, -0.05) is 20.8 Å².